The largest absolute Gasteiger partial charge is 0.487 e. The number of ether oxygens (including phenoxy) is 1. The minimum Gasteiger partial charge on any atom is -0.487 e. The van der Waals surface area contributed by atoms with E-state index in [4.69, 9.17) is 27.0 Å². The van der Waals surface area contributed by atoms with Crippen LogP contribution in [-0.4, -0.2) is 15.0 Å². The second kappa shape index (κ2) is 6.28. The third kappa shape index (κ3) is 4.46. The first-order valence-corrected chi connectivity index (χ1v) is 8.39. The van der Waals surface area contributed by atoms with Crippen LogP contribution in [0.1, 0.15) is 13.8 Å². The van der Waals surface area contributed by atoms with Crippen molar-refractivity contribution in [2.45, 2.75) is 18.7 Å². The summed E-state index contributed by atoms with van der Waals surface area (Å²) in [7, 11) is 1.43. The molecule has 1 rings (SSSR count). The first-order valence-electron chi connectivity index (χ1n) is 4.91. The Bertz CT molecular complexity index is 578. The van der Waals surface area contributed by atoms with Crippen molar-refractivity contribution in [3.8, 4) is 5.75 Å². The maximum absolute atomic E-state index is 11.4. The molecule has 1 aromatic rings. The number of rotatable bonds is 4. The first-order chi connectivity index (χ1) is 8.21. The molecular formula is C11H11BrCl2O3S. The summed E-state index contributed by atoms with van der Waals surface area (Å²) in [5, 5.41) is 0.186. The Morgan fingerprint density at radius 3 is 2.56 bits per heavy atom. The second-order valence-electron chi connectivity index (χ2n) is 3.75. The van der Waals surface area contributed by atoms with E-state index in [0.29, 0.717) is 4.47 Å². The Morgan fingerprint density at radius 1 is 1.44 bits per heavy atom. The van der Waals surface area contributed by atoms with Gasteiger partial charge in [-0.3, -0.25) is 0 Å². The van der Waals surface area contributed by atoms with Crippen molar-refractivity contribution in [2.75, 3.05) is 6.61 Å². The molecule has 0 radical (unpaired) electrons. The lowest BCUT2D eigenvalue weighted by atomic mass is 10.3. The van der Waals surface area contributed by atoms with Gasteiger partial charge in [0.25, 0.3) is 9.05 Å². The minimum absolute atomic E-state index is 0.0624. The Labute approximate surface area is 124 Å². The zero-order valence-corrected chi connectivity index (χ0v) is 13.6. The molecule has 7 heteroatoms. The van der Waals surface area contributed by atoms with E-state index in [0.717, 1.165) is 5.57 Å². The quantitative estimate of drug-likeness (QED) is 0.581. The zero-order valence-electron chi connectivity index (χ0n) is 9.71. The second-order valence-corrected chi connectivity index (χ2v) is 7.60. The Morgan fingerprint density at radius 2 is 2.06 bits per heavy atom. The molecule has 1 aromatic carbocycles. The van der Waals surface area contributed by atoms with Crippen LogP contribution in [0.3, 0.4) is 0 Å². The molecule has 0 bridgehead atoms. The average Bonchev–Trinajstić information content (AvgIpc) is 2.18. The van der Waals surface area contributed by atoms with E-state index < -0.39 is 9.05 Å². The third-order valence-electron chi connectivity index (χ3n) is 1.96. The lowest BCUT2D eigenvalue weighted by molar-refractivity contribution is 0.352. The molecule has 0 saturated carbocycles. The maximum Gasteiger partial charge on any atom is 0.265 e. The van der Waals surface area contributed by atoms with Crippen LogP contribution in [-0.2, 0) is 9.05 Å². The summed E-state index contributed by atoms with van der Waals surface area (Å²) in [6, 6.07) is 2.90. The fourth-order valence-electron chi connectivity index (χ4n) is 1.15. The highest BCUT2D eigenvalue weighted by Gasteiger charge is 2.20. The summed E-state index contributed by atoms with van der Waals surface area (Å²) < 4.78 is 28.8. The molecule has 100 valence electrons. The van der Waals surface area contributed by atoms with E-state index in [1.807, 2.05) is 19.9 Å². The normalized spacial score (nSPS) is 11.2. The number of allylic oxidation sites excluding steroid dienone is 1. The van der Waals surface area contributed by atoms with Crippen LogP contribution in [0.2, 0.25) is 5.02 Å². The van der Waals surface area contributed by atoms with E-state index >= 15 is 0 Å². The third-order valence-corrected chi connectivity index (χ3v) is 4.02. The minimum atomic E-state index is -3.92. The van der Waals surface area contributed by atoms with Crippen LogP contribution in [0.5, 0.6) is 5.75 Å². The topological polar surface area (TPSA) is 43.4 Å². The molecule has 0 unspecified atom stereocenters. The highest BCUT2D eigenvalue weighted by Crippen LogP contribution is 2.37. The Balaban J connectivity index is 3.21. The van der Waals surface area contributed by atoms with Gasteiger partial charge in [-0.25, -0.2) is 8.42 Å². The van der Waals surface area contributed by atoms with Gasteiger partial charge in [-0.15, -0.1) is 0 Å². The monoisotopic (exact) mass is 372 g/mol. The summed E-state index contributed by atoms with van der Waals surface area (Å²) >= 11 is 9.11. The van der Waals surface area contributed by atoms with E-state index in [-0.39, 0.29) is 22.3 Å². The van der Waals surface area contributed by atoms with E-state index in [1.165, 1.54) is 6.07 Å². The van der Waals surface area contributed by atoms with Crippen molar-refractivity contribution in [1.29, 1.82) is 0 Å². The number of hydrogen-bond donors (Lipinski definition) is 0. The number of hydrogen-bond acceptors (Lipinski definition) is 3. The SMILES string of the molecule is CC(C)=CCOc1c(Cl)cc(Br)cc1S(=O)(=O)Cl. The fraction of sp³-hybridized carbons (Fsp3) is 0.273. The summed E-state index contributed by atoms with van der Waals surface area (Å²) in [4.78, 5) is -0.148. The summed E-state index contributed by atoms with van der Waals surface area (Å²) in [6.45, 7) is 4.04. The summed E-state index contributed by atoms with van der Waals surface area (Å²) in [5.74, 6) is 0.0624. The zero-order chi connectivity index (χ0) is 13.9. The van der Waals surface area contributed by atoms with Crippen LogP contribution in [0.4, 0.5) is 0 Å². The predicted octanol–water partition coefficient (Wildman–Crippen LogP) is 4.38. The molecule has 0 aliphatic carbocycles. The predicted molar refractivity (Wildman–Crippen MR) is 77.1 cm³/mol. The van der Waals surface area contributed by atoms with Crippen molar-refractivity contribution < 1.29 is 13.2 Å². The van der Waals surface area contributed by atoms with Gasteiger partial charge in [-0.05, 0) is 32.1 Å². The van der Waals surface area contributed by atoms with Gasteiger partial charge in [0.05, 0.1) is 5.02 Å². The number of halogens is 3. The van der Waals surface area contributed by atoms with Crippen LogP contribution in [0.25, 0.3) is 0 Å². The van der Waals surface area contributed by atoms with Crippen molar-refractivity contribution in [1.82, 2.24) is 0 Å². The molecule has 3 nitrogen and oxygen atoms in total. The maximum atomic E-state index is 11.4. The van der Waals surface area contributed by atoms with Gasteiger partial charge in [0.1, 0.15) is 11.5 Å². The van der Waals surface area contributed by atoms with Crippen molar-refractivity contribution >= 4 is 47.3 Å². The highest BCUT2D eigenvalue weighted by molar-refractivity contribution is 9.10. The van der Waals surface area contributed by atoms with Gasteiger partial charge in [0.2, 0.25) is 0 Å². The Kier molecular flexibility index (Phi) is 5.52. The van der Waals surface area contributed by atoms with Crippen molar-refractivity contribution in [2.24, 2.45) is 0 Å². The van der Waals surface area contributed by atoms with Crippen LogP contribution >= 0.6 is 38.2 Å². The molecule has 0 aliphatic rings. The van der Waals surface area contributed by atoms with Gasteiger partial charge in [0, 0.05) is 15.2 Å². The lowest BCUT2D eigenvalue weighted by Crippen LogP contribution is -2.01. The van der Waals surface area contributed by atoms with Gasteiger partial charge in [0.15, 0.2) is 5.75 Å². The van der Waals surface area contributed by atoms with Crippen LogP contribution in [0.15, 0.2) is 33.2 Å². The molecular weight excluding hydrogens is 363 g/mol. The van der Waals surface area contributed by atoms with Crippen LogP contribution in [0, 0.1) is 0 Å². The average molecular weight is 374 g/mol. The lowest BCUT2D eigenvalue weighted by Gasteiger charge is -2.10. The molecule has 0 spiro atoms. The summed E-state index contributed by atoms with van der Waals surface area (Å²) in [5.41, 5.74) is 1.05. The summed E-state index contributed by atoms with van der Waals surface area (Å²) in [6.07, 6.45) is 1.81. The molecule has 0 aliphatic heterocycles. The standard InChI is InChI=1S/C11H11BrCl2O3S/c1-7(2)3-4-17-11-9(13)5-8(12)6-10(11)18(14,15)16/h3,5-6H,4H2,1-2H3. The molecule has 0 atom stereocenters. The van der Waals surface area contributed by atoms with Gasteiger partial charge >= 0.3 is 0 Å². The molecule has 0 aromatic heterocycles. The van der Waals surface area contributed by atoms with Gasteiger partial charge in [-0.2, -0.15) is 0 Å². The molecule has 18 heavy (non-hydrogen) atoms. The Hall–Kier alpha value is -0.230. The molecule has 0 amide bonds. The highest BCUT2D eigenvalue weighted by atomic mass is 79.9. The van der Waals surface area contributed by atoms with E-state index in [9.17, 15) is 8.42 Å². The van der Waals surface area contributed by atoms with Crippen molar-refractivity contribution in [3.63, 3.8) is 0 Å². The number of benzene rings is 1. The molecule has 0 saturated heterocycles. The fourth-order valence-corrected chi connectivity index (χ4v) is 3.22. The van der Waals surface area contributed by atoms with E-state index in [2.05, 4.69) is 15.9 Å². The molecule has 0 heterocycles. The molecule has 0 N–H and O–H groups in total. The van der Waals surface area contributed by atoms with Gasteiger partial charge in [-0.1, -0.05) is 33.1 Å². The first kappa shape index (κ1) is 15.8. The van der Waals surface area contributed by atoms with Gasteiger partial charge < -0.3 is 4.74 Å². The smallest absolute Gasteiger partial charge is 0.265 e. The van der Waals surface area contributed by atoms with Crippen LogP contribution < -0.4 is 4.74 Å². The van der Waals surface area contributed by atoms with E-state index in [1.54, 1.807) is 6.07 Å². The molecule has 0 fully saturated rings. The van der Waals surface area contributed by atoms with Crippen molar-refractivity contribution in [3.05, 3.63) is 33.3 Å².